The van der Waals surface area contributed by atoms with Crippen LogP contribution in [0.3, 0.4) is 0 Å². The molecule has 2 aromatic rings. The lowest BCUT2D eigenvalue weighted by molar-refractivity contribution is -0.150. The van der Waals surface area contributed by atoms with Crippen molar-refractivity contribution >= 4 is 19.9 Å². The van der Waals surface area contributed by atoms with E-state index in [-0.39, 0.29) is 32.2 Å². The lowest BCUT2D eigenvalue weighted by atomic mass is 10.1. The van der Waals surface area contributed by atoms with Crippen molar-refractivity contribution in [3.8, 4) is 0 Å². The zero-order chi connectivity index (χ0) is 22.3. The zero-order valence-electron chi connectivity index (χ0n) is 17.6. The molecule has 0 amide bonds. The fourth-order valence-electron chi connectivity index (χ4n) is 2.88. The van der Waals surface area contributed by atoms with Gasteiger partial charge in [0, 0.05) is 19.1 Å². The predicted molar refractivity (Wildman–Crippen MR) is 121 cm³/mol. The van der Waals surface area contributed by atoms with Crippen LogP contribution in [0.4, 0.5) is 0 Å². The van der Waals surface area contributed by atoms with Crippen LogP contribution in [0.25, 0.3) is 0 Å². The molecule has 0 saturated carbocycles. The molecular weight excluding hydrogens is 415 g/mol. The van der Waals surface area contributed by atoms with Crippen LogP contribution >= 0.6 is 7.95 Å². The Morgan fingerprint density at radius 1 is 0.935 bits per heavy atom. The highest BCUT2D eigenvalue weighted by Crippen LogP contribution is 2.24. The second-order valence-corrected chi connectivity index (χ2v) is 8.78. The first-order chi connectivity index (χ1) is 15.1. The number of carbonyl (C=O) groups excluding carboxylic acids is 2. The monoisotopic (exact) mass is 446 g/mol. The molecule has 168 valence electrons. The fourth-order valence-corrected chi connectivity index (χ4v) is 4.30. The molecule has 0 aliphatic carbocycles. The average Bonchev–Trinajstić information content (AvgIpc) is 2.80. The van der Waals surface area contributed by atoms with Crippen LogP contribution in [0.1, 0.15) is 30.4 Å². The van der Waals surface area contributed by atoms with Crippen LogP contribution in [0.15, 0.2) is 60.7 Å². The van der Waals surface area contributed by atoms with Crippen LogP contribution in [-0.2, 0) is 36.8 Å². The van der Waals surface area contributed by atoms with E-state index in [9.17, 15) is 14.2 Å². The minimum atomic E-state index is -2.20. The standard InChI is InChI=1S/C23H31N2O5P/c24-14-7-15-25-31(28)18-21(23(27)30-17-20-10-5-2-6-11-20)12-13-22(26)29-16-19-8-3-1-4-9-19/h1-6,8-11,21,31H,7,12-18,24H2,(H,25,28). The third kappa shape index (κ3) is 10.4. The number of carbonyl (C=O) groups is 2. The third-order valence-corrected chi connectivity index (χ3v) is 6.14. The summed E-state index contributed by atoms with van der Waals surface area (Å²) in [6.45, 7) is 1.34. The van der Waals surface area contributed by atoms with Crippen molar-refractivity contribution in [2.24, 2.45) is 11.7 Å². The number of ether oxygens (including phenoxy) is 2. The second-order valence-electron chi connectivity index (χ2n) is 7.17. The summed E-state index contributed by atoms with van der Waals surface area (Å²) in [5.41, 5.74) is 7.21. The van der Waals surface area contributed by atoms with Crippen molar-refractivity contribution in [1.29, 1.82) is 0 Å². The molecular formula is C23H31N2O5P. The van der Waals surface area contributed by atoms with Crippen LogP contribution in [-0.4, -0.2) is 31.2 Å². The SMILES string of the molecule is NCCCN[PH](=O)CC(CCC(=O)OCc1ccccc1)C(=O)OCc1ccccc1. The molecule has 0 spiro atoms. The van der Waals surface area contributed by atoms with E-state index in [4.69, 9.17) is 15.2 Å². The summed E-state index contributed by atoms with van der Waals surface area (Å²) in [6, 6.07) is 18.7. The summed E-state index contributed by atoms with van der Waals surface area (Å²) in [5, 5.41) is 2.92. The summed E-state index contributed by atoms with van der Waals surface area (Å²) in [5.74, 6) is -1.51. The normalized spacial score (nSPS) is 12.7. The summed E-state index contributed by atoms with van der Waals surface area (Å²) in [6.07, 6.45) is 1.10. The van der Waals surface area contributed by atoms with E-state index in [0.29, 0.717) is 19.5 Å². The molecule has 0 aromatic heterocycles. The molecule has 0 bridgehead atoms. The Bertz CT molecular complexity index is 817. The molecule has 0 aliphatic rings. The molecule has 0 aliphatic heterocycles. The quantitative estimate of drug-likeness (QED) is 0.260. The molecule has 0 radical (unpaired) electrons. The molecule has 8 heteroatoms. The van der Waals surface area contributed by atoms with Gasteiger partial charge in [-0.3, -0.25) is 14.7 Å². The van der Waals surface area contributed by atoms with E-state index in [0.717, 1.165) is 11.1 Å². The van der Waals surface area contributed by atoms with Gasteiger partial charge >= 0.3 is 11.9 Å². The molecule has 3 N–H and O–H groups in total. The minimum absolute atomic E-state index is 0.0515. The zero-order valence-corrected chi connectivity index (χ0v) is 18.6. The van der Waals surface area contributed by atoms with Crippen molar-refractivity contribution in [2.45, 2.75) is 32.5 Å². The fraction of sp³-hybridized carbons (Fsp3) is 0.391. The van der Waals surface area contributed by atoms with Gasteiger partial charge in [0.15, 0.2) is 0 Å². The van der Waals surface area contributed by atoms with Crippen LogP contribution in [0, 0.1) is 5.92 Å². The highest BCUT2D eigenvalue weighted by molar-refractivity contribution is 7.42. The summed E-state index contributed by atoms with van der Waals surface area (Å²) in [4.78, 5) is 24.8. The highest BCUT2D eigenvalue weighted by Gasteiger charge is 2.24. The highest BCUT2D eigenvalue weighted by atomic mass is 31.1. The van der Waals surface area contributed by atoms with Crippen LogP contribution < -0.4 is 10.8 Å². The molecule has 2 aromatic carbocycles. The van der Waals surface area contributed by atoms with Gasteiger partial charge in [0.25, 0.3) is 0 Å². The van der Waals surface area contributed by atoms with Gasteiger partial charge in [0.2, 0.25) is 0 Å². The first kappa shape index (κ1) is 24.8. The summed E-state index contributed by atoms with van der Waals surface area (Å²) < 4.78 is 23.1. The van der Waals surface area contributed by atoms with E-state index >= 15 is 0 Å². The van der Waals surface area contributed by atoms with Crippen molar-refractivity contribution in [2.75, 3.05) is 19.3 Å². The third-order valence-electron chi connectivity index (χ3n) is 4.63. The van der Waals surface area contributed by atoms with E-state index in [1.807, 2.05) is 60.7 Å². The number of nitrogens with one attached hydrogen (secondary N) is 1. The maximum atomic E-state index is 12.6. The second kappa shape index (κ2) is 14.5. The molecule has 31 heavy (non-hydrogen) atoms. The van der Waals surface area contributed by atoms with Crippen molar-refractivity contribution in [3.63, 3.8) is 0 Å². The number of hydrogen-bond acceptors (Lipinski definition) is 6. The molecule has 2 rings (SSSR count). The Balaban J connectivity index is 1.86. The van der Waals surface area contributed by atoms with E-state index in [1.165, 1.54) is 0 Å². The number of nitrogens with two attached hydrogens (primary N) is 1. The van der Waals surface area contributed by atoms with Crippen LogP contribution in [0.2, 0.25) is 0 Å². The molecule has 0 heterocycles. The van der Waals surface area contributed by atoms with Gasteiger partial charge in [0.1, 0.15) is 21.2 Å². The molecule has 0 saturated heterocycles. The Morgan fingerprint density at radius 2 is 1.52 bits per heavy atom. The first-order valence-corrected chi connectivity index (χ1v) is 12.1. The topological polar surface area (TPSA) is 108 Å². The smallest absolute Gasteiger partial charge is 0.309 e. The van der Waals surface area contributed by atoms with Crippen molar-refractivity contribution < 1.29 is 23.6 Å². The molecule has 7 nitrogen and oxygen atoms in total. The van der Waals surface area contributed by atoms with Gasteiger partial charge in [-0.25, -0.2) is 0 Å². The van der Waals surface area contributed by atoms with E-state index < -0.39 is 25.8 Å². The Hall–Kier alpha value is -2.47. The number of benzene rings is 2. The molecule has 2 atom stereocenters. The number of rotatable bonds is 14. The predicted octanol–water partition coefficient (Wildman–Crippen LogP) is 3.28. The summed E-state index contributed by atoms with van der Waals surface area (Å²) >= 11 is 0. The van der Waals surface area contributed by atoms with E-state index in [1.54, 1.807) is 0 Å². The lowest BCUT2D eigenvalue weighted by Gasteiger charge is -2.16. The Morgan fingerprint density at radius 3 is 2.10 bits per heavy atom. The molecule has 2 unspecified atom stereocenters. The molecule has 0 fully saturated rings. The van der Waals surface area contributed by atoms with Gasteiger partial charge in [-0.2, -0.15) is 0 Å². The van der Waals surface area contributed by atoms with Gasteiger partial charge in [-0.15, -0.1) is 0 Å². The number of hydrogen-bond donors (Lipinski definition) is 2. The summed E-state index contributed by atoms with van der Waals surface area (Å²) in [7, 11) is -2.20. The van der Waals surface area contributed by atoms with Gasteiger partial charge in [0.05, 0.1) is 5.92 Å². The Kier molecular flexibility index (Phi) is 11.6. The van der Waals surface area contributed by atoms with Crippen LogP contribution in [0.5, 0.6) is 0 Å². The average molecular weight is 446 g/mol. The van der Waals surface area contributed by atoms with Crippen molar-refractivity contribution in [1.82, 2.24) is 5.09 Å². The minimum Gasteiger partial charge on any atom is -0.461 e. The maximum Gasteiger partial charge on any atom is 0.309 e. The lowest BCUT2D eigenvalue weighted by Crippen LogP contribution is -2.23. The van der Waals surface area contributed by atoms with Gasteiger partial charge < -0.3 is 19.8 Å². The van der Waals surface area contributed by atoms with Crippen molar-refractivity contribution in [3.05, 3.63) is 71.8 Å². The largest absolute Gasteiger partial charge is 0.461 e. The number of esters is 2. The maximum absolute atomic E-state index is 12.6. The first-order valence-electron chi connectivity index (χ1n) is 10.5. The van der Waals surface area contributed by atoms with Gasteiger partial charge in [-0.05, 0) is 30.5 Å². The van der Waals surface area contributed by atoms with Gasteiger partial charge in [-0.1, -0.05) is 60.7 Å². The Labute approximate surface area is 184 Å². The van der Waals surface area contributed by atoms with E-state index in [2.05, 4.69) is 5.09 Å².